The van der Waals surface area contributed by atoms with E-state index in [1.54, 1.807) is 18.2 Å². The molecule has 4 aromatic rings. The summed E-state index contributed by atoms with van der Waals surface area (Å²) in [5, 5.41) is 11.7. The molecule has 1 atom stereocenters. The second-order valence-electron chi connectivity index (χ2n) is 8.65. The van der Waals surface area contributed by atoms with Crippen LogP contribution in [-0.2, 0) is 22.7 Å². The lowest BCUT2D eigenvalue weighted by Gasteiger charge is -2.23. The van der Waals surface area contributed by atoms with E-state index in [1.165, 1.54) is 0 Å². The molecule has 0 aliphatic rings. The molecule has 0 saturated heterocycles. The Hall–Kier alpha value is -3.75. The molecule has 2 aromatic carbocycles. The van der Waals surface area contributed by atoms with E-state index in [9.17, 15) is 4.79 Å². The van der Waals surface area contributed by atoms with E-state index < -0.39 is 11.6 Å². The Balaban J connectivity index is 0.00000342. The van der Waals surface area contributed by atoms with Crippen molar-refractivity contribution >= 4 is 11.6 Å². The Morgan fingerprint density at radius 3 is 2.23 bits per heavy atom. The maximum atomic E-state index is 12.7. The Morgan fingerprint density at radius 2 is 1.60 bits per heavy atom. The van der Waals surface area contributed by atoms with Gasteiger partial charge in [0.15, 0.2) is 11.6 Å². The van der Waals surface area contributed by atoms with Crippen LogP contribution in [0.4, 0.5) is 0 Å². The number of carbonyl (C=O) groups excluding carboxylic acids is 1. The van der Waals surface area contributed by atoms with Crippen LogP contribution >= 0.6 is 0 Å². The van der Waals surface area contributed by atoms with Crippen molar-refractivity contribution in [1.82, 2.24) is 19.9 Å². The predicted octanol–water partition coefficient (Wildman–Crippen LogP) is 4.06. The highest BCUT2D eigenvalue weighted by Crippen LogP contribution is 2.23. The van der Waals surface area contributed by atoms with Crippen LogP contribution in [0, 0.1) is 0 Å². The summed E-state index contributed by atoms with van der Waals surface area (Å²) in [4.78, 5) is 12.7. The number of benzene rings is 2. The zero-order valence-electron chi connectivity index (χ0n) is 19.3. The molecule has 3 N–H and O–H groups in total. The molecule has 0 aliphatic carbocycles. The molecule has 0 fully saturated rings. The molecule has 4 rings (SSSR count). The largest absolute Gasteiger partial charge is 0.485 e. The molecular weight excluding hydrogens is 442 g/mol. The van der Waals surface area contributed by atoms with Crippen LogP contribution in [-0.4, -0.2) is 32.7 Å². The number of aromatic nitrogens is 3. The van der Waals surface area contributed by atoms with E-state index in [2.05, 4.69) is 15.5 Å². The minimum Gasteiger partial charge on any atom is -0.485 e. The molecule has 0 aliphatic heterocycles. The first-order valence-electron chi connectivity index (χ1n) is 11.1. The van der Waals surface area contributed by atoms with Gasteiger partial charge in [-0.1, -0.05) is 68.1 Å². The number of rotatable bonds is 10. The van der Waals surface area contributed by atoms with Gasteiger partial charge in [0, 0.05) is 6.20 Å². The number of carbonyl (C=O) groups is 1. The van der Waals surface area contributed by atoms with Gasteiger partial charge in [0.05, 0.1) is 18.8 Å². The number of pyridine rings is 1. The average molecular weight is 476 g/mol. The quantitative estimate of drug-likeness (QED) is 0.359. The third-order valence-corrected chi connectivity index (χ3v) is 5.26. The first kappa shape index (κ1) is 25.9. The molecule has 0 unspecified atom stereocenters. The second-order valence-corrected chi connectivity index (χ2v) is 8.65. The molecule has 2 heterocycles. The number of hydrogen-bond acceptors (Lipinski definition) is 6. The van der Waals surface area contributed by atoms with Gasteiger partial charge in [-0.15, -0.1) is 10.2 Å². The molecule has 1 amide bonds. The first-order valence-corrected chi connectivity index (χ1v) is 11.1. The summed E-state index contributed by atoms with van der Waals surface area (Å²) in [5.41, 5.74) is 7.61. The number of ether oxygens (including phenoxy) is 2. The van der Waals surface area contributed by atoms with E-state index in [4.69, 9.17) is 15.2 Å². The van der Waals surface area contributed by atoms with Crippen molar-refractivity contribution < 1.29 is 14.3 Å². The van der Waals surface area contributed by atoms with Crippen LogP contribution in [0.15, 0.2) is 79.0 Å². The van der Waals surface area contributed by atoms with Gasteiger partial charge in [-0.2, -0.15) is 0 Å². The second kappa shape index (κ2) is 11.6. The van der Waals surface area contributed by atoms with Crippen LogP contribution in [0.1, 0.15) is 44.3 Å². The van der Waals surface area contributed by atoms with Crippen LogP contribution < -0.4 is 15.8 Å². The maximum absolute atomic E-state index is 12.7. The highest BCUT2D eigenvalue weighted by atomic mass is 16.5. The van der Waals surface area contributed by atoms with E-state index >= 15 is 0 Å². The summed E-state index contributed by atoms with van der Waals surface area (Å²) in [6.07, 6.45) is 1.84. The van der Waals surface area contributed by atoms with Gasteiger partial charge in [0.2, 0.25) is 11.6 Å². The van der Waals surface area contributed by atoms with Gasteiger partial charge in [0.25, 0.3) is 0 Å². The number of nitrogens with one attached hydrogen (secondary N) is 1. The number of hydrogen-bond donors (Lipinski definition) is 2. The summed E-state index contributed by atoms with van der Waals surface area (Å²) in [6, 6.07) is 22.9. The lowest BCUT2D eigenvalue weighted by molar-refractivity contribution is -0.126. The molecule has 0 spiro atoms. The standard InChI is InChI=1S/C26H29N5O3.CH4/c1-26(2,27)25(32)28-21(18-33-16-19-10-5-3-6-11-19)23-29-30-24-22(14-9-15-31(23)24)34-17-20-12-7-4-8-13-20;/h3-15,21H,16-18,27H2,1-2H3,(H,28,32);1H4/t21-;/m1./s1. The zero-order chi connectivity index (χ0) is 24.0. The van der Waals surface area contributed by atoms with Crippen LogP contribution in [0.2, 0.25) is 0 Å². The molecule has 8 nitrogen and oxygen atoms in total. The minimum absolute atomic E-state index is 0. The van der Waals surface area contributed by atoms with Gasteiger partial charge < -0.3 is 20.5 Å². The fraction of sp³-hybridized carbons (Fsp3) is 0.296. The lowest BCUT2D eigenvalue weighted by Crippen LogP contribution is -2.50. The third kappa shape index (κ3) is 6.65. The normalized spacial score (nSPS) is 12.1. The van der Waals surface area contributed by atoms with Crippen molar-refractivity contribution in [1.29, 1.82) is 0 Å². The molecule has 8 heteroatoms. The highest BCUT2D eigenvalue weighted by Gasteiger charge is 2.28. The fourth-order valence-corrected chi connectivity index (χ4v) is 3.39. The third-order valence-electron chi connectivity index (χ3n) is 5.26. The summed E-state index contributed by atoms with van der Waals surface area (Å²) in [6.45, 7) is 4.32. The van der Waals surface area contributed by atoms with Gasteiger partial charge in [-0.05, 0) is 37.1 Å². The first-order chi connectivity index (χ1) is 16.4. The predicted molar refractivity (Wildman–Crippen MR) is 136 cm³/mol. The van der Waals surface area contributed by atoms with Gasteiger partial charge >= 0.3 is 0 Å². The molecule has 0 bridgehead atoms. The van der Waals surface area contributed by atoms with Crippen LogP contribution in [0.3, 0.4) is 0 Å². The Kier molecular flexibility index (Phi) is 8.57. The van der Waals surface area contributed by atoms with Crippen molar-refractivity contribution in [3.63, 3.8) is 0 Å². The van der Waals surface area contributed by atoms with E-state index in [-0.39, 0.29) is 19.9 Å². The molecule has 2 aromatic heterocycles. The molecule has 0 radical (unpaired) electrons. The van der Waals surface area contributed by atoms with Gasteiger partial charge in [-0.3, -0.25) is 9.20 Å². The topological polar surface area (TPSA) is 104 Å². The summed E-state index contributed by atoms with van der Waals surface area (Å²) < 4.78 is 13.8. The highest BCUT2D eigenvalue weighted by molar-refractivity contribution is 5.85. The van der Waals surface area contributed by atoms with Crippen LogP contribution in [0.5, 0.6) is 5.75 Å². The monoisotopic (exact) mass is 475 g/mol. The summed E-state index contributed by atoms with van der Waals surface area (Å²) in [5.74, 6) is 0.819. The average Bonchev–Trinajstić information content (AvgIpc) is 3.27. The Labute approximate surface area is 206 Å². The van der Waals surface area contributed by atoms with E-state index in [1.807, 2.05) is 79.0 Å². The van der Waals surface area contributed by atoms with Crippen molar-refractivity contribution in [2.24, 2.45) is 5.73 Å². The Morgan fingerprint density at radius 1 is 0.971 bits per heavy atom. The Bertz CT molecular complexity index is 1220. The molecule has 184 valence electrons. The van der Waals surface area contributed by atoms with Crippen molar-refractivity contribution in [2.45, 2.75) is 46.1 Å². The summed E-state index contributed by atoms with van der Waals surface area (Å²) >= 11 is 0. The smallest absolute Gasteiger partial charge is 0.240 e. The summed E-state index contributed by atoms with van der Waals surface area (Å²) in [7, 11) is 0. The fourth-order valence-electron chi connectivity index (χ4n) is 3.39. The van der Waals surface area contributed by atoms with E-state index in [0.717, 1.165) is 11.1 Å². The van der Waals surface area contributed by atoms with Gasteiger partial charge in [-0.25, -0.2) is 0 Å². The molecular formula is C27H33N5O3. The molecule has 0 saturated carbocycles. The van der Waals surface area contributed by atoms with E-state index in [0.29, 0.717) is 30.4 Å². The minimum atomic E-state index is -1.05. The van der Waals surface area contributed by atoms with Crippen molar-refractivity contribution in [2.75, 3.05) is 6.61 Å². The van der Waals surface area contributed by atoms with Crippen molar-refractivity contribution in [3.8, 4) is 5.75 Å². The SMILES string of the molecule is C.CC(C)(N)C(=O)N[C@H](COCc1ccccc1)c1nnc2c(OCc3ccccc3)cccn12. The van der Waals surface area contributed by atoms with Crippen LogP contribution in [0.25, 0.3) is 5.65 Å². The number of amides is 1. The lowest BCUT2D eigenvalue weighted by atomic mass is 10.1. The van der Waals surface area contributed by atoms with Crippen molar-refractivity contribution in [3.05, 3.63) is 95.9 Å². The van der Waals surface area contributed by atoms with Gasteiger partial charge in [0.1, 0.15) is 12.6 Å². The maximum Gasteiger partial charge on any atom is 0.240 e. The zero-order valence-corrected chi connectivity index (χ0v) is 19.3. The molecule has 35 heavy (non-hydrogen) atoms. The number of fused-ring (bicyclic) bond motifs is 1. The number of nitrogens with zero attached hydrogens (tertiary/aromatic N) is 3. The number of nitrogens with two attached hydrogens (primary N) is 1.